The molecular formula is HFeLiMnO2. The van der Waals surface area contributed by atoms with E-state index < -0.39 is 0 Å². The fourth-order valence-corrected chi connectivity index (χ4v) is 0. The third-order valence-corrected chi connectivity index (χ3v) is 0. The molecule has 0 heterocycles. The zero-order valence-electron chi connectivity index (χ0n) is 1.55. The van der Waals surface area contributed by atoms with Crippen LogP contribution >= 0.6 is 0 Å². The van der Waals surface area contributed by atoms with Gasteiger partial charge in [-0.15, -0.1) is 0 Å². The summed E-state index contributed by atoms with van der Waals surface area (Å²) in [4.78, 5) is 0. The van der Waals surface area contributed by atoms with Gasteiger partial charge in [-0.25, -0.2) is 0 Å². The van der Waals surface area contributed by atoms with E-state index in [1.165, 1.54) is 0 Å². The number of rotatable bonds is 0. The summed E-state index contributed by atoms with van der Waals surface area (Å²) in [6.45, 7) is 0. The van der Waals surface area contributed by atoms with Gasteiger partial charge >= 0.3 is 58.4 Å². The zero-order chi connectivity index (χ0) is 4.00. The molecule has 0 radical (unpaired) electrons. The van der Waals surface area contributed by atoms with E-state index in [0.29, 0.717) is 0 Å². The maximum atomic E-state index is 8.06. The Labute approximate surface area is 58.3 Å². The van der Waals surface area contributed by atoms with E-state index in [1.807, 2.05) is 15.9 Å². The van der Waals surface area contributed by atoms with Gasteiger partial charge < -0.3 is 0 Å². The fraction of sp³-hybridized carbons (Fsp3) is 0. The van der Waals surface area contributed by atoms with Gasteiger partial charge in [0.2, 0.25) is 0 Å². The maximum absolute atomic E-state index is 8.06. The van der Waals surface area contributed by atoms with Gasteiger partial charge in [0.1, 0.15) is 0 Å². The Hall–Kier alpha value is 1.24. The molecule has 0 amide bonds. The van der Waals surface area contributed by atoms with Crippen molar-refractivity contribution in [2.75, 3.05) is 0 Å². The van der Waals surface area contributed by atoms with Crippen molar-refractivity contribution in [3.05, 3.63) is 0 Å². The Morgan fingerprint density at radius 2 is 1.20 bits per heavy atom. The second-order valence-corrected chi connectivity index (χ2v) is 0. The average Bonchev–Trinajstić information content (AvgIpc) is 1.50. The number of hydrogen-bond donors (Lipinski definition) is 0. The molecule has 0 aromatic carbocycles. The summed E-state index contributed by atoms with van der Waals surface area (Å²) in [6.07, 6.45) is 0. The molecule has 0 aliphatic carbocycles. The molecule has 0 aromatic heterocycles. The van der Waals surface area contributed by atoms with Crippen LogP contribution in [0.15, 0.2) is 0 Å². The predicted octanol–water partition coefficient (Wildman–Crippen LogP) is -0.891. The van der Waals surface area contributed by atoms with Crippen molar-refractivity contribution in [3.8, 4) is 0 Å². The molecule has 0 aliphatic rings. The first-order chi connectivity index (χ1) is 2.00. The van der Waals surface area contributed by atoms with Crippen LogP contribution in [0, 0.1) is 0 Å². The minimum absolute atomic E-state index is 0. The molecule has 5 heavy (non-hydrogen) atoms. The van der Waals surface area contributed by atoms with Crippen LogP contribution in [-0.4, -0.2) is 18.9 Å². The van der Waals surface area contributed by atoms with Crippen molar-refractivity contribution in [1.29, 1.82) is 0 Å². The summed E-state index contributed by atoms with van der Waals surface area (Å²) in [6, 6.07) is 0. The third kappa shape index (κ3) is 35.9. The molecule has 0 aliphatic heterocycles. The Bertz CT molecular complexity index is 11.6. The molecule has 0 saturated heterocycles. The van der Waals surface area contributed by atoms with Gasteiger partial charge in [-0.05, 0) is 0 Å². The van der Waals surface area contributed by atoms with Crippen LogP contribution in [0.4, 0.5) is 0 Å². The minimum atomic E-state index is 0. The van der Waals surface area contributed by atoms with E-state index in [4.69, 9.17) is 7.67 Å². The van der Waals surface area contributed by atoms with E-state index in [0.717, 1.165) is 0 Å². The van der Waals surface area contributed by atoms with Crippen molar-refractivity contribution in [2.45, 2.75) is 0 Å². The van der Waals surface area contributed by atoms with Crippen LogP contribution in [0.2, 0.25) is 0 Å². The van der Waals surface area contributed by atoms with E-state index >= 15 is 0 Å². The molecule has 0 aromatic rings. The molecule has 5 heteroatoms. The standard InChI is InChI=1S/Fe.Li.Mn.2O.H. The summed E-state index contributed by atoms with van der Waals surface area (Å²) in [7, 11) is 0. The van der Waals surface area contributed by atoms with Crippen LogP contribution in [-0.2, 0) is 39.6 Å². The van der Waals surface area contributed by atoms with Gasteiger partial charge in [-0.1, -0.05) is 0 Å². The monoisotopic (exact) mass is 151 g/mol. The Morgan fingerprint density at radius 3 is 1.20 bits per heavy atom. The summed E-state index contributed by atoms with van der Waals surface area (Å²) in [5, 5.41) is 0. The molecule has 29 valence electrons. The van der Waals surface area contributed by atoms with Crippen molar-refractivity contribution in [2.24, 2.45) is 0 Å². The quantitative estimate of drug-likeness (QED) is 0.420. The van der Waals surface area contributed by atoms with E-state index in [-0.39, 0.29) is 18.9 Å². The van der Waals surface area contributed by atoms with Crippen molar-refractivity contribution in [1.82, 2.24) is 0 Å². The second kappa shape index (κ2) is 61.5. The van der Waals surface area contributed by atoms with Crippen LogP contribution in [0.25, 0.3) is 0 Å². The molecule has 0 unspecified atom stereocenters. The first-order valence-corrected chi connectivity index (χ1v) is 1.23. The second-order valence-electron chi connectivity index (χ2n) is 0. The van der Waals surface area contributed by atoms with Gasteiger partial charge in [0.05, 0.1) is 0 Å². The molecular weight excluding hydrogens is 150 g/mol. The van der Waals surface area contributed by atoms with Gasteiger partial charge in [0.15, 0.2) is 0 Å². The molecule has 0 fully saturated rings. The van der Waals surface area contributed by atoms with Crippen LogP contribution in [0.1, 0.15) is 0 Å². The van der Waals surface area contributed by atoms with Crippen molar-refractivity contribution in [3.63, 3.8) is 0 Å². The van der Waals surface area contributed by atoms with Crippen molar-refractivity contribution >= 4 is 18.9 Å². The summed E-state index contributed by atoms with van der Waals surface area (Å²) < 4.78 is 16.1. The van der Waals surface area contributed by atoms with E-state index in [2.05, 4.69) is 0 Å². The molecule has 0 bridgehead atoms. The average molecular weight is 151 g/mol. The van der Waals surface area contributed by atoms with Crippen LogP contribution in [0.5, 0.6) is 0 Å². The molecule has 0 spiro atoms. The summed E-state index contributed by atoms with van der Waals surface area (Å²) in [5.41, 5.74) is 0. The molecule has 0 rings (SSSR count). The predicted molar refractivity (Wildman–Crippen MR) is 8.52 cm³/mol. The fourth-order valence-electron chi connectivity index (χ4n) is 0. The summed E-state index contributed by atoms with van der Waals surface area (Å²) in [5.74, 6) is 0. The van der Waals surface area contributed by atoms with Gasteiger partial charge in [0, 0.05) is 0 Å². The molecule has 0 N–H and O–H groups in total. The first kappa shape index (κ1) is 16.3. The Balaban J connectivity index is -0.0000000133. The van der Waals surface area contributed by atoms with Crippen LogP contribution < -0.4 is 0 Å². The zero-order valence-corrected chi connectivity index (χ0v) is 3.83. The third-order valence-electron chi connectivity index (χ3n) is 0. The normalized spacial score (nSPS) is 1.80. The van der Waals surface area contributed by atoms with Crippen molar-refractivity contribution < 1.29 is 39.6 Å². The molecule has 0 saturated carbocycles. The van der Waals surface area contributed by atoms with Crippen LogP contribution in [0.3, 0.4) is 0 Å². The van der Waals surface area contributed by atoms with Gasteiger partial charge in [0.25, 0.3) is 0 Å². The summed E-state index contributed by atoms with van der Waals surface area (Å²) >= 11 is 3.69. The number of hydrogen-bond acceptors (Lipinski definition) is 2. The van der Waals surface area contributed by atoms with Gasteiger partial charge in [-0.2, -0.15) is 0 Å². The molecule has 0 atom stereocenters. The first-order valence-electron chi connectivity index (χ1n) is 0.299. The van der Waals surface area contributed by atoms with Gasteiger partial charge in [-0.3, -0.25) is 0 Å². The van der Waals surface area contributed by atoms with E-state index in [1.54, 1.807) is 15.9 Å². The Kier molecular flexibility index (Phi) is 201. The Morgan fingerprint density at radius 1 is 1.20 bits per heavy atom. The van der Waals surface area contributed by atoms with E-state index in [9.17, 15) is 0 Å². The molecule has 2 nitrogen and oxygen atoms in total. The SMILES string of the molecule is [LiH].[O]=[Fe].[O]=[Mn]. The topological polar surface area (TPSA) is 34.1 Å².